The number of hydrogen-bond acceptors (Lipinski definition) is 6. The third-order valence-electron chi connectivity index (χ3n) is 5.14. The summed E-state index contributed by atoms with van der Waals surface area (Å²) in [6.45, 7) is 4.79. The van der Waals surface area contributed by atoms with Crippen LogP contribution < -0.4 is 4.90 Å². The van der Waals surface area contributed by atoms with Crippen molar-refractivity contribution < 1.29 is 14.4 Å². The number of aliphatic hydroxyl groups excluding tert-OH is 1. The van der Waals surface area contributed by atoms with Crippen molar-refractivity contribution >= 4 is 11.6 Å². The molecule has 2 aliphatic heterocycles. The molecule has 0 spiro atoms. The second-order valence-electron chi connectivity index (χ2n) is 6.82. The predicted octanol–water partition coefficient (Wildman–Crippen LogP) is 1.46. The molecule has 1 aromatic carbocycles. The second kappa shape index (κ2) is 6.15. The fourth-order valence-corrected chi connectivity index (χ4v) is 3.88. The molecule has 7 nitrogen and oxygen atoms in total. The molecule has 25 heavy (non-hydrogen) atoms. The van der Waals surface area contributed by atoms with E-state index in [-0.39, 0.29) is 18.0 Å². The highest BCUT2D eigenvalue weighted by Crippen LogP contribution is 2.34. The SMILES string of the molecule is Cc1noc([C@H]2C[C@@H](O)CN2C(=O)[C@H](C)N2CCc3ccccc32)n1. The van der Waals surface area contributed by atoms with Gasteiger partial charge < -0.3 is 19.4 Å². The third-order valence-corrected chi connectivity index (χ3v) is 5.14. The van der Waals surface area contributed by atoms with Crippen LogP contribution in [-0.2, 0) is 11.2 Å². The number of hydrogen-bond donors (Lipinski definition) is 1. The van der Waals surface area contributed by atoms with E-state index in [1.54, 1.807) is 11.8 Å². The van der Waals surface area contributed by atoms with Gasteiger partial charge in [-0.3, -0.25) is 4.79 Å². The van der Waals surface area contributed by atoms with Crippen LogP contribution in [0.5, 0.6) is 0 Å². The Morgan fingerprint density at radius 3 is 2.96 bits per heavy atom. The van der Waals surface area contributed by atoms with Crippen LogP contribution in [-0.4, -0.2) is 51.3 Å². The molecule has 0 saturated carbocycles. The number of anilines is 1. The highest BCUT2D eigenvalue weighted by atomic mass is 16.5. The molecule has 0 aliphatic carbocycles. The molecule has 132 valence electrons. The summed E-state index contributed by atoms with van der Waals surface area (Å²) in [5, 5.41) is 13.9. The van der Waals surface area contributed by atoms with Crippen LogP contribution >= 0.6 is 0 Å². The zero-order valence-corrected chi connectivity index (χ0v) is 14.4. The molecule has 2 aliphatic rings. The van der Waals surface area contributed by atoms with Crippen molar-refractivity contribution in [3.63, 3.8) is 0 Å². The topological polar surface area (TPSA) is 82.7 Å². The molecule has 3 atom stereocenters. The van der Waals surface area contributed by atoms with Crippen molar-refractivity contribution in [3.8, 4) is 0 Å². The number of fused-ring (bicyclic) bond motifs is 1. The van der Waals surface area contributed by atoms with Crippen LogP contribution in [0.4, 0.5) is 5.69 Å². The van der Waals surface area contributed by atoms with Gasteiger partial charge in [0.1, 0.15) is 12.1 Å². The van der Waals surface area contributed by atoms with E-state index < -0.39 is 6.10 Å². The minimum absolute atomic E-state index is 0.0193. The van der Waals surface area contributed by atoms with Gasteiger partial charge >= 0.3 is 0 Å². The van der Waals surface area contributed by atoms with Gasteiger partial charge in [0.25, 0.3) is 0 Å². The Hall–Kier alpha value is -2.41. The molecule has 1 N–H and O–H groups in total. The monoisotopic (exact) mass is 342 g/mol. The molecule has 1 fully saturated rings. The van der Waals surface area contributed by atoms with Crippen LogP contribution in [0.3, 0.4) is 0 Å². The van der Waals surface area contributed by atoms with Crippen molar-refractivity contribution in [2.24, 2.45) is 0 Å². The van der Waals surface area contributed by atoms with E-state index in [2.05, 4.69) is 27.2 Å². The number of amides is 1. The molecule has 4 rings (SSSR count). The van der Waals surface area contributed by atoms with Gasteiger partial charge in [-0.2, -0.15) is 4.98 Å². The zero-order valence-electron chi connectivity index (χ0n) is 14.4. The first-order valence-corrected chi connectivity index (χ1v) is 8.68. The van der Waals surface area contributed by atoms with Gasteiger partial charge in [0.05, 0.1) is 6.10 Å². The smallest absolute Gasteiger partial charge is 0.249 e. The number of likely N-dealkylation sites (tertiary alicyclic amines) is 1. The van der Waals surface area contributed by atoms with E-state index >= 15 is 0 Å². The molecule has 0 radical (unpaired) electrons. The van der Waals surface area contributed by atoms with E-state index in [0.29, 0.717) is 24.7 Å². The number of aryl methyl sites for hydroxylation is 1. The summed E-state index contributed by atoms with van der Waals surface area (Å²) in [5.41, 5.74) is 2.39. The molecule has 1 saturated heterocycles. The number of aliphatic hydroxyl groups is 1. The average Bonchev–Trinajstić information content (AvgIpc) is 3.31. The first-order valence-electron chi connectivity index (χ1n) is 8.68. The Morgan fingerprint density at radius 1 is 1.40 bits per heavy atom. The van der Waals surface area contributed by atoms with Crippen LogP contribution in [0.1, 0.15) is 36.7 Å². The minimum atomic E-state index is -0.570. The lowest BCUT2D eigenvalue weighted by molar-refractivity contribution is -0.134. The molecule has 0 bridgehead atoms. The Kier molecular flexibility index (Phi) is 3.95. The molecule has 2 aromatic rings. The number of β-amino-alcohol motifs (C(OH)–C–C–N with tert-alkyl or cyclic N) is 1. The largest absolute Gasteiger partial charge is 0.391 e. The summed E-state index contributed by atoms with van der Waals surface area (Å²) in [7, 11) is 0. The fourth-order valence-electron chi connectivity index (χ4n) is 3.88. The summed E-state index contributed by atoms with van der Waals surface area (Å²) in [6.07, 6.45) is 0.804. The lowest BCUT2D eigenvalue weighted by Crippen LogP contribution is -2.47. The van der Waals surface area contributed by atoms with Crippen LogP contribution in [0.2, 0.25) is 0 Å². The van der Waals surface area contributed by atoms with Crippen molar-refractivity contribution in [2.45, 2.75) is 44.9 Å². The molecular formula is C18H22N4O3. The molecular weight excluding hydrogens is 320 g/mol. The summed E-state index contributed by atoms with van der Waals surface area (Å²) < 4.78 is 5.26. The number of benzene rings is 1. The Morgan fingerprint density at radius 2 is 2.20 bits per heavy atom. The number of carbonyl (C=O) groups excluding carboxylic acids is 1. The number of carbonyl (C=O) groups is 1. The number of nitrogens with zero attached hydrogens (tertiary/aromatic N) is 4. The van der Waals surface area contributed by atoms with Crippen LogP contribution in [0.25, 0.3) is 0 Å². The molecule has 0 unspecified atom stereocenters. The Balaban J connectivity index is 1.57. The normalized spacial score (nSPS) is 23.8. The van der Waals surface area contributed by atoms with Crippen molar-refractivity contribution in [2.75, 3.05) is 18.0 Å². The second-order valence-corrected chi connectivity index (χ2v) is 6.82. The molecule has 1 aromatic heterocycles. The van der Waals surface area contributed by atoms with Gasteiger partial charge in [0.15, 0.2) is 5.82 Å². The summed E-state index contributed by atoms with van der Waals surface area (Å²) in [4.78, 5) is 21.2. The van der Waals surface area contributed by atoms with Crippen molar-refractivity contribution in [1.82, 2.24) is 15.0 Å². The van der Waals surface area contributed by atoms with Gasteiger partial charge in [0, 0.05) is 25.2 Å². The molecule has 3 heterocycles. The van der Waals surface area contributed by atoms with Gasteiger partial charge in [-0.05, 0) is 31.9 Å². The molecule has 7 heteroatoms. The van der Waals surface area contributed by atoms with E-state index in [4.69, 9.17) is 4.52 Å². The maximum atomic E-state index is 13.2. The number of para-hydroxylation sites is 1. The van der Waals surface area contributed by atoms with Gasteiger partial charge in [-0.25, -0.2) is 0 Å². The first kappa shape index (κ1) is 16.1. The van der Waals surface area contributed by atoms with Gasteiger partial charge in [0.2, 0.25) is 11.8 Å². The van der Waals surface area contributed by atoms with Gasteiger partial charge in [-0.1, -0.05) is 23.4 Å². The van der Waals surface area contributed by atoms with Crippen molar-refractivity contribution in [3.05, 3.63) is 41.5 Å². The highest BCUT2D eigenvalue weighted by Gasteiger charge is 2.41. The van der Waals surface area contributed by atoms with Crippen molar-refractivity contribution in [1.29, 1.82) is 0 Å². The standard InChI is InChI=1S/C18H22N4O3/c1-11(21-8-7-13-5-3-4-6-15(13)21)18(24)22-10-14(23)9-16(22)17-19-12(2)20-25-17/h3-6,11,14,16,23H,7-10H2,1-2H3/t11-,14+,16+/m0/s1. The van der Waals surface area contributed by atoms with E-state index in [1.165, 1.54) is 5.56 Å². The predicted molar refractivity (Wildman–Crippen MR) is 91.1 cm³/mol. The summed E-state index contributed by atoms with van der Waals surface area (Å²) in [6, 6.07) is 7.53. The van der Waals surface area contributed by atoms with E-state index in [9.17, 15) is 9.90 Å². The summed E-state index contributed by atoms with van der Waals surface area (Å²) in [5.74, 6) is 0.913. The third kappa shape index (κ3) is 2.78. The van der Waals surface area contributed by atoms with Crippen LogP contribution in [0.15, 0.2) is 28.8 Å². The zero-order chi connectivity index (χ0) is 17.6. The Bertz CT molecular complexity index is 790. The minimum Gasteiger partial charge on any atom is -0.391 e. The highest BCUT2D eigenvalue weighted by molar-refractivity contribution is 5.86. The number of aromatic nitrogens is 2. The first-order chi connectivity index (χ1) is 12.0. The quantitative estimate of drug-likeness (QED) is 0.909. The fraction of sp³-hybridized carbons (Fsp3) is 0.500. The van der Waals surface area contributed by atoms with Gasteiger partial charge in [-0.15, -0.1) is 0 Å². The Labute approximate surface area is 146 Å². The maximum Gasteiger partial charge on any atom is 0.249 e. The lowest BCUT2D eigenvalue weighted by atomic mass is 10.1. The van der Waals surface area contributed by atoms with Crippen LogP contribution in [0, 0.1) is 6.92 Å². The van der Waals surface area contributed by atoms with E-state index in [0.717, 1.165) is 18.7 Å². The molecule has 1 amide bonds. The lowest BCUT2D eigenvalue weighted by Gasteiger charge is -2.31. The average molecular weight is 342 g/mol. The maximum absolute atomic E-state index is 13.2. The summed E-state index contributed by atoms with van der Waals surface area (Å²) >= 11 is 0. The number of rotatable bonds is 3. The van der Waals surface area contributed by atoms with E-state index in [1.807, 2.05) is 19.1 Å².